The molecule has 1 N–H and O–H groups in total. The first-order valence-corrected chi connectivity index (χ1v) is 7.95. The molecule has 6 nitrogen and oxygen atoms in total. The Morgan fingerprint density at radius 1 is 1.48 bits per heavy atom. The second kappa shape index (κ2) is 6.62. The highest BCUT2D eigenvalue weighted by molar-refractivity contribution is 7.22. The molecule has 1 amide bonds. The Labute approximate surface area is 137 Å². The molecule has 2 heterocycles. The fourth-order valence-corrected chi connectivity index (χ4v) is 2.94. The lowest BCUT2D eigenvalue weighted by Gasteiger charge is -1.96. The lowest BCUT2D eigenvalue weighted by Crippen LogP contribution is -2.07. The Kier molecular flexibility index (Phi) is 4.38. The number of hydrogen-bond acceptors (Lipinski definition) is 5. The van der Waals surface area contributed by atoms with E-state index in [1.54, 1.807) is 24.1 Å². The SMILES string of the molecule is CCn1cc(C=CC(=O)Nc2nc3ccc(OC)cc3s2)cn1. The third-order valence-corrected chi connectivity index (χ3v) is 4.16. The van der Waals surface area contributed by atoms with E-state index in [-0.39, 0.29) is 5.91 Å². The Bertz CT molecular complexity index is 866. The van der Waals surface area contributed by atoms with Crippen LogP contribution in [0.4, 0.5) is 5.13 Å². The highest BCUT2D eigenvalue weighted by atomic mass is 32.1. The quantitative estimate of drug-likeness (QED) is 0.730. The molecule has 0 aliphatic rings. The van der Waals surface area contributed by atoms with Gasteiger partial charge in [0.2, 0.25) is 5.91 Å². The zero-order chi connectivity index (χ0) is 16.2. The van der Waals surface area contributed by atoms with Crippen LogP contribution in [-0.4, -0.2) is 27.8 Å². The highest BCUT2D eigenvalue weighted by Crippen LogP contribution is 2.29. The summed E-state index contributed by atoms with van der Waals surface area (Å²) in [4.78, 5) is 16.4. The summed E-state index contributed by atoms with van der Waals surface area (Å²) in [7, 11) is 1.62. The van der Waals surface area contributed by atoms with Crippen molar-refractivity contribution in [2.45, 2.75) is 13.5 Å². The minimum absolute atomic E-state index is 0.222. The first-order chi connectivity index (χ1) is 11.2. The molecule has 0 saturated heterocycles. The van der Waals surface area contributed by atoms with Crippen molar-refractivity contribution in [1.29, 1.82) is 0 Å². The van der Waals surface area contributed by atoms with Gasteiger partial charge in [0.25, 0.3) is 0 Å². The molecular formula is C16H16N4O2S. The number of fused-ring (bicyclic) bond motifs is 1. The first-order valence-electron chi connectivity index (χ1n) is 7.14. The molecule has 0 saturated carbocycles. The fourth-order valence-electron chi connectivity index (χ4n) is 2.04. The molecule has 0 fully saturated rings. The maximum Gasteiger partial charge on any atom is 0.250 e. The summed E-state index contributed by atoms with van der Waals surface area (Å²) in [5, 5.41) is 7.49. The van der Waals surface area contributed by atoms with E-state index < -0.39 is 0 Å². The van der Waals surface area contributed by atoms with Gasteiger partial charge in [-0.25, -0.2) is 4.98 Å². The molecule has 7 heteroatoms. The number of benzene rings is 1. The van der Waals surface area contributed by atoms with Gasteiger partial charge in [0.1, 0.15) is 5.75 Å². The summed E-state index contributed by atoms with van der Waals surface area (Å²) in [6.07, 6.45) is 6.81. The molecule has 0 radical (unpaired) electrons. The zero-order valence-electron chi connectivity index (χ0n) is 12.8. The first kappa shape index (κ1) is 15.2. The van der Waals surface area contributed by atoms with Crippen molar-refractivity contribution >= 4 is 38.7 Å². The average Bonchev–Trinajstić information content (AvgIpc) is 3.17. The van der Waals surface area contributed by atoms with E-state index >= 15 is 0 Å². The largest absolute Gasteiger partial charge is 0.497 e. The lowest BCUT2D eigenvalue weighted by molar-refractivity contribution is -0.111. The van der Waals surface area contributed by atoms with E-state index in [1.807, 2.05) is 31.3 Å². The molecule has 1 aromatic carbocycles. The third-order valence-electron chi connectivity index (χ3n) is 3.23. The van der Waals surface area contributed by atoms with Crippen LogP contribution in [-0.2, 0) is 11.3 Å². The second-order valence-electron chi connectivity index (χ2n) is 4.80. The third kappa shape index (κ3) is 3.57. The van der Waals surface area contributed by atoms with Crippen molar-refractivity contribution in [3.05, 3.63) is 42.2 Å². The Morgan fingerprint density at radius 3 is 3.09 bits per heavy atom. The lowest BCUT2D eigenvalue weighted by atomic mass is 10.3. The van der Waals surface area contributed by atoms with Crippen LogP contribution in [0.25, 0.3) is 16.3 Å². The van der Waals surface area contributed by atoms with Crippen LogP contribution in [0.15, 0.2) is 36.7 Å². The summed E-state index contributed by atoms with van der Waals surface area (Å²) < 4.78 is 7.95. The number of hydrogen-bond donors (Lipinski definition) is 1. The van der Waals surface area contributed by atoms with Crippen molar-refractivity contribution < 1.29 is 9.53 Å². The molecular weight excluding hydrogens is 312 g/mol. The average molecular weight is 328 g/mol. The van der Waals surface area contributed by atoms with Gasteiger partial charge in [-0.05, 0) is 31.2 Å². The van der Waals surface area contributed by atoms with Gasteiger partial charge in [-0.1, -0.05) is 11.3 Å². The van der Waals surface area contributed by atoms with Crippen LogP contribution in [0, 0.1) is 0 Å². The Hall–Kier alpha value is -2.67. The zero-order valence-corrected chi connectivity index (χ0v) is 13.6. The molecule has 0 bridgehead atoms. The Morgan fingerprint density at radius 2 is 2.35 bits per heavy atom. The van der Waals surface area contributed by atoms with Gasteiger partial charge >= 0.3 is 0 Å². The molecule has 2 aromatic heterocycles. The topological polar surface area (TPSA) is 69.0 Å². The Balaban J connectivity index is 1.69. The number of nitrogens with zero attached hydrogens (tertiary/aromatic N) is 3. The van der Waals surface area contributed by atoms with Gasteiger partial charge in [-0.15, -0.1) is 0 Å². The maximum absolute atomic E-state index is 12.0. The molecule has 3 rings (SSSR count). The minimum atomic E-state index is -0.222. The highest BCUT2D eigenvalue weighted by Gasteiger charge is 2.07. The van der Waals surface area contributed by atoms with Crippen molar-refractivity contribution in [2.75, 3.05) is 12.4 Å². The van der Waals surface area contributed by atoms with Crippen molar-refractivity contribution in [1.82, 2.24) is 14.8 Å². The predicted octanol–water partition coefficient (Wildman–Crippen LogP) is 3.17. The molecule has 0 unspecified atom stereocenters. The number of nitrogens with one attached hydrogen (secondary N) is 1. The molecule has 118 valence electrons. The van der Waals surface area contributed by atoms with Crippen LogP contribution in [0.5, 0.6) is 5.75 Å². The van der Waals surface area contributed by atoms with E-state index in [1.165, 1.54) is 17.4 Å². The van der Waals surface area contributed by atoms with Gasteiger partial charge < -0.3 is 4.74 Å². The number of rotatable bonds is 5. The molecule has 0 aliphatic carbocycles. The number of thiazole rings is 1. The molecule has 3 aromatic rings. The minimum Gasteiger partial charge on any atom is -0.497 e. The number of anilines is 1. The molecule has 0 atom stereocenters. The normalized spacial score (nSPS) is 11.2. The van der Waals surface area contributed by atoms with E-state index in [4.69, 9.17) is 4.74 Å². The predicted molar refractivity (Wildman–Crippen MR) is 91.7 cm³/mol. The van der Waals surface area contributed by atoms with Gasteiger partial charge in [0, 0.05) is 24.4 Å². The fraction of sp³-hybridized carbons (Fsp3) is 0.188. The maximum atomic E-state index is 12.0. The van der Waals surface area contributed by atoms with Crippen LogP contribution in [0.2, 0.25) is 0 Å². The van der Waals surface area contributed by atoms with E-state index in [0.717, 1.165) is 28.1 Å². The van der Waals surface area contributed by atoms with Gasteiger partial charge in [-0.2, -0.15) is 5.10 Å². The number of amides is 1. The molecule has 23 heavy (non-hydrogen) atoms. The standard InChI is InChI=1S/C16H16N4O2S/c1-3-20-10-11(9-17-20)4-7-15(21)19-16-18-13-6-5-12(22-2)8-14(13)23-16/h4-10H,3H2,1-2H3,(H,18,19,21). The number of methoxy groups -OCH3 is 1. The number of aryl methyl sites for hydroxylation is 1. The van der Waals surface area contributed by atoms with Crippen molar-refractivity contribution in [3.63, 3.8) is 0 Å². The van der Waals surface area contributed by atoms with Crippen molar-refractivity contribution in [3.8, 4) is 5.75 Å². The smallest absolute Gasteiger partial charge is 0.250 e. The summed E-state index contributed by atoms with van der Waals surface area (Å²) >= 11 is 1.41. The number of carbonyl (C=O) groups is 1. The number of ether oxygens (including phenoxy) is 1. The van der Waals surface area contributed by atoms with E-state index in [0.29, 0.717) is 5.13 Å². The molecule has 0 spiro atoms. The van der Waals surface area contributed by atoms with Gasteiger partial charge in [0.15, 0.2) is 5.13 Å². The van der Waals surface area contributed by atoms with Gasteiger partial charge in [-0.3, -0.25) is 14.8 Å². The van der Waals surface area contributed by atoms with E-state index in [2.05, 4.69) is 15.4 Å². The van der Waals surface area contributed by atoms with Crippen LogP contribution in [0.1, 0.15) is 12.5 Å². The summed E-state index contributed by atoms with van der Waals surface area (Å²) in [5.41, 5.74) is 1.72. The van der Waals surface area contributed by atoms with Crippen LogP contribution in [0.3, 0.4) is 0 Å². The summed E-state index contributed by atoms with van der Waals surface area (Å²) in [5.74, 6) is 0.548. The number of carbonyl (C=O) groups excluding carboxylic acids is 1. The molecule has 0 aliphatic heterocycles. The van der Waals surface area contributed by atoms with Gasteiger partial charge in [0.05, 0.1) is 23.5 Å². The summed E-state index contributed by atoms with van der Waals surface area (Å²) in [6.45, 7) is 2.81. The number of aromatic nitrogens is 3. The summed E-state index contributed by atoms with van der Waals surface area (Å²) in [6, 6.07) is 5.62. The van der Waals surface area contributed by atoms with E-state index in [9.17, 15) is 4.79 Å². The van der Waals surface area contributed by atoms with Crippen LogP contribution < -0.4 is 10.1 Å². The second-order valence-corrected chi connectivity index (χ2v) is 5.84. The monoisotopic (exact) mass is 328 g/mol. The van der Waals surface area contributed by atoms with Crippen LogP contribution >= 0.6 is 11.3 Å². The van der Waals surface area contributed by atoms with Crippen molar-refractivity contribution in [2.24, 2.45) is 0 Å².